The van der Waals surface area contributed by atoms with Crippen LogP contribution in [0.4, 0.5) is 0 Å². The van der Waals surface area contributed by atoms with Crippen LogP contribution in [0.3, 0.4) is 0 Å². The summed E-state index contributed by atoms with van der Waals surface area (Å²) in [6.45, 7) is 2.83. The van der Waals surface area contributed by atoms with Gasteiger partial charge in [-0.1, -0.05) is 29.8 Å². The monoisotopic (exact) mass is 187 g/mol. The zero-order valence-electron chi connectivity index (χ0n) is 8.21. The fourth-order valence-corrected chi connectivity index (χ4v) is 2.46. The summed E-state index contributed by atoms with van der Waals surface area (Å²) in [7, 11) is 0. The van der Waals surface area contributed by atoms with Crippen molar-refractivity contribution in [1.82, 2.24) is 0 Å². The summed E-state index contributed by atoms with van der Waals surface area (Å²) in [6.07, 6.45) is 1.11. The van der Waals surface area contributed by atoms with Crippen LogP contribution in [0.2, 0.25) is 0 Å². The fourth-order valence-electron chi connectivity index (χ4n) is 2.46. The maximum Gasteiger partial charge on any atom is 0.191 e. The van der Waals surface area contributed by atoms with Crippen molar-refractivity contribution < 1.29 is 4.74 Å². The number of fused-ring (bicyclic) bond motifs is 1. The first kappa shape index (κ1) is 8.04. The number of hydrogen-bond donors (Lipinski definition) is 1. The average molecular weight is 187 g/mol. The molecule has 2 nitrogen and oxygen atoms in total. The van der Waals surface area contributed by atoms with Gasteiger partial charge >= 0.3 is 0 Å². The van der Waals surface area contributed by atoms with E-state index in [1.165, 1.54) is 11.1 Å². The van der Waals surface area contributed by atoms with Crippen molar-refractivity contribution in [3.8, 4) is 0 Å². The standard InChI is InChI=1S/C12H13NO/c1-8-2-4-9(5-3-8)12-6-10(12)7-14-11(12)13/h2-5,10,13H,6-7H2,1H3/t10?,12-/m0/s1. The molecule has 0 spiro atoms. The highest BCUT2D eigenvalue weighted by Crippen LogP contribution is 2.59. The van der Waals surface area contributed by atoms with Gasteiger partial charge in [-0.3, -0.25) is 5.41 Å². The molecular formula is C12H13NO. The Kier molecular flexibility index (Phi) is 1.37. The highest BCUT2D eigenvalue weighted by Gasteiger charge is 2.64. The van der Waals surface area contributed by atoms with E-state index in [1.54, 1.807) is 0 Å². The predicted octanol–water partition coefficient (Wildman–Crippen LogP) is 2.26. The van der Waals surface area contributed by atoms with Gasteiger partial charge in [-0.25, -0.2) is 0 Å². The van der Waals surface area contributed by atoms with Crippen LogP contribution in [-0.2, 0) is 10.2 Å². The Morgan fingerprint density at radius 2 is 2.07 bits per heavy atom. The van der Waals surface area contributed by atoms with E-state index >= 15 is 0 Å². The largest absolute Gasteiger partial charge is 0.480 e. The van der Waals surface area contributed by atoms with Crippen molar-refractivity contribution >= 4 is 5.90 Å². The highest BCUT2D eigenvalue weighted by molar-refractivity contribution is 5.92. The zero-order valence-corrected chi connectivity index (χ0v) is 8.21. The Labute approximate surface area is 83.4 Å². The number of hydrogen-bond acceptors (Lipinski definition) is 2. The molecule has 2 aliphatic rings. The predicted molar refractivity (Wildman–Crippen MR) is 54.6 cm³/mol. The Balaban J connectivity index is 2.04. The minimum atomic E-state index is -0.0340. The van der Waals surface area contributed by atoms with Crippen molar-refractivity contribution in [2.24, 2.45) is 5.92 Å². The molecule has 1 aliphatic carbocycles. The summed E-state index contributed by atoms with van der Waals surface area (Å²) >= 11 is 0. The third kappa shape index (κ3) is 0.834. The summed E-state index contributed by atoms with van der Waals surface area (Å²) < 4.78 is 5.29. The van der Waals surface area contributed by atoms with Crippen molar-refractivity contribution in [1.29, 1.82) is 5.41 Å². The third-order valence-corrected chi connectivity index (χ3v) is 3.51. The van der Waals surface area contributed by atoms with Gasteiger partial charge < -0.3 is 4.74 Å². The second kappa shape index (κ2) is 2.38. The van der Waals surface area contributed by atoms with Crippen molar-refractivity contribution in [3.05, 3.63) is 35.4 Å². The molecule has 1 aromatic rings. The van der Waals surface area contributed by atoms with Gasteiger partial charge in [-0.15, -0.1) is 0 Å². The van der Waals surface area contributed by atoms with Crippen molar-refractivity contribution in [2.45, 2.75) is 18.8 Å². The number of ether oxygens (including phenoxy) is 1. The van der Waals surface area contributed by atoms with Crippen LogP contribution in [0.15, 0.2) is 24.3 Å². The van der Waals surface area contributed by atoms with Crippen LogP contribution in [-0.4, -0.2) is 12.5 Å². The van der Waals surface area contributed by atoms with Crippen LogP contribution in [0, 0.1) is 18.3 Å². The lowest BCUT2D eigenvalue weighted by Crippen LogP contribution is -2.17. The Morgan fingerprint density at radius 1 is 1.36 bits per heavy atom. The molecule has 1 aliphatic heterocycles. The van der Waals surface area contributed by atoms with Crippen molar-refractivity contribution in [3.63, 3.8) is 0 Å². The molecule has 2 heteroatoms. The second-order valence-corrected chi connectivity index (χ2v) is 4.38. The van der Waals surface area contributed by atoms with E-state index in [0.29, 0.717) is 11.8 Å². The first-order valence-electron chi connectivity index (χ1n) is 5.02. The Morgan fingerprint density at radius 3 is 2.57 bits per heavy atom. The molecule has 0 aromatic heterocycles. The highest BCUT2D eigenvalue weighted by atomic mass is 16.5. The molecule has 14 heavy (non-hydrogen) atoms. The van der Waals surface area contributed by atoms with E-state index in [1.807, 2.05) is 0 Å². The fraction of sp³-hybridized carbons (Fsp3) is 0.417. The normalized spacial score (nSPS) is 33.8. The van der Waals surface area contributed by atoms with E-state index in [9.17, 15) is 0 Å². The molecule has 2 fully saturated rings. The molecule has 1 heterocycles. The molecule has 1 unspecified atom stereocenters. The quantitative estimate of drug-likeness (QED) is 0.718. The van der Waals surface area contributed by atoms with Gasteiger partial charge in [0.2, 0.25) is 0 Å². The topological polar surface area (TPSA) is 33.1 Å². The molecule has 3 rings (SSSR count). The van der Waals surface area contributed by atoms with Gasteiger partial charge in [-0.05, 0) is 18.9 Å². The number of rotatable bonds is 1. The third-order valence-electron chi connectivity index (χ3n) is 3.51. The van der Waals surface area contributed by atoms with Crippen LogP contribution in [0.5, 0.6) is 0 Å². The molecule has 1 N–H and O–H groups in total. The first-order chi connectivity index (χ1) is 6.73. The van der Waals surface area contributed by atoms with E-state index in [4.69, 9.17) is 10.1 Å². The van der Waals surface area contributed by atoms with Crippen LogP contribution in [0.1, 0.15) is 17.5 Å². The summed E-state index contributed by atoms with van der Waals surface area (Å²) in [4.78, 5) is 0. The SMILES string of the molecule is Cc1ccc([C@@]23CC2COC3=N)cc1. The molecule has 1 aromatic carbocycles. The van der Waals surface area contributed by atoms with Gasteiger partial charge in [0.1, 0.15) is 0 Å². The van der Waals surface area contributed by atoms with E-state index in [-0.39, 0.29) is 5.41 Å². The molecule has 0 bridgehead atoms. The number of aryl methyl sites for hydroxylation is 1. The molecule has 72 valence electrons. The maximum atomic E-state index is 7.81. The van der Waals surface area contributed by atoms with E-state index in [0.717, 1.165) is 13.0 Å². The lowest BCUT2D eigenvalue weighted by atomic mass is 9.94. The molecular weight excluding hydrogens is 174 g/mol. The van der Waals surface area contributed by atoms with Gasteiger partial charge in [-0.2, -0.15) is 0 Å². The summed E-state index contributed by atoms with van der Waals surface area (Å²) in [6, 6.07) is 8.51. The minimum Gasteiger partial charge on any atom is -0.480 e. The molecule has 1 saturated heterocycles. The molecule has 0 radical (unpaired) electrons. The van der Waals surface area contributed by atoms with E-state index in [2.05, 4.69) is 31.2 Å². The summed E-state index contributed by atoms with van der Waals surface area (Å²) in [5.74, 6) is 1.05. The number of benzene rings is 1. The maximum absolute atomic E-state index is 7.81. The molecule has 2 atom stereocenters. The van der Waals surface area contributed by atoms with Gasteiger partial charge in [0.25, 0.3) is 0 Å². The molecule has 0 amide bonds. The second-order valence-electron chi connectivity index (χ2n) is 4.38. The van der Waals surface area contributed by atoms with Crippen LogP contribution >= 0.6 is 0 Å². The molecule has 1 saturated carbocycles. The lowest BCUT2D eigenvalue weighted by molar-refractivity contribution is 0.310. The van der Waals surface area contributed by atoms with Crippen LogP contribution in [0.25, 0.3) is 0 Å². The van der Waals surface area contributed by atoms with Gasteiger partial charge in [0.15, 0.2) is 5.90 Å². The summed E-state index contributed by atoms with van der Waals surface area (Å²) in [5.41, 5.74) is 2.50. The Hall–Kier alpha value is -1.31. The van der Waals surface area contributed by atoms with Crippen molar-refractivity contribution in [2.75, 3.05) is 6.61 Å². The minimum absolute atomic E-state index is 0.0340. The Bertz CT molecular complexity index is 395. The first-order valence-corrected chi connectivity index (χ1v) is 5.02. The van der Waals surface area contributed by atoms with Gasteiger partial charge in [0, 0.05) is 5.92 Å². The van der Waals surface area contributed by atoms with E-state index < -0.39 is 0 Å². The average Bonchev–Trinajstić information content (AvgIpc) is 2.84. The van der Waals surface area contributed by atoms with Crippen LogP contribution < -0.4 is 0 Å². The smallest absolute Gasteiger partial charge is 0.191 e. The van der Waals surface area contributed by atoms with Gasteiger partial charge in [0.05, 0.1) is 12.0 Å². The zero-order chi connectivity index (χ0) is 9.76. The lowest BCUT2D eigenvalue weighted by Gasteiger charge is -2.12. The number of nitrogens with one attached hydrogen (secondary N) is 1. The summed E-state index contributed by atoms with van der Waals surface area (Å²) in [5, 5.41) is 7.81.